The van der Waals surface area contributed by atoms with Crippen molar-refractivity contribution in [2.24, 2.45) is 0 Å². The smallest absolute Gasteiger partial charge is 0.475 e. The number of hydrogen-bond donors (Lipinski definition) is 3. The summed E-state index contributed by atoms with van der Waals surface area (Å²) in [4.78, 5) is 28.9. The topological polar surface area (TPSA) is 144 Å². The number of aryl methyl sites for hydroxylation is 1. The van der Waals surface area contributed by atoms with E-state index in [9.17, 15) is 18.0 Å². The third-order valence-corrected chi connectivity index (χ3v) is 2.98. The molecule has 1 amide bonds. The zero-order valence-electron chi connectivity index (χ0n) is 13.6. The lowest BCUT2D eigenvalue weighted by atomic mass is 10.2. The first kappa shape index (κ1) is 19.6. The van der Waals surface area contributed by atoms with E-state index in [1.54, 1.807) is 25.1 Å². The number of benzene rings is 1. The normalized spacial score (nSPS) is 10.8. The molecule has 0 radical (unpaired) electrons. The number of carbonyl (C=O) groups is 2. The molecule has 2 heterocycles. The number of carboxylic acid groups (broad SMARTS) is 1. The van der Waals surface area contributed by atoms with Crippen molar-refractivity contribution in [2.45, 2.75) is 13.1 Å². The molecule has 0 saturated carbocycles. The van der Waals surface area contributed by atoms with Crippen LogP contribution in [0.5, 0.6) is 0 Å². The zero-order chi connectivity index (χ0) is 20.2. The first-order valence-electron chi connectivity index (χ1n) is 7.13. The molecule has 0 aliphatic heterocycles. The number of aliphatic carboxylic acids is 1. The van der Waals surface area contributed by atoms with Crippen molar-refractivity contribution in [3.63, 3.8) is 0 Å². The highest BCUT2D eigenvalue weighted by molar-refractivity contribution is 6.06. The number of nitrogens with zero attached hydrogens (tertiary/aromatic N) is 3. The first-order chi connectivity index (χ1) is 12.6. The van der Waals surface area contributed by atoms with Gasteiger partial charge in [0.15, 0.2) is 11.4 Å². The summed E-state index contributed by atoms with van der Waals surface area (Å²) in [5.41, 5.74) is 7.75. The monoisotopic (exact) mass is 383 g/mol. The average molecular weight is 383 g/mol. The summed E-state index contributed by atoms with van der Waals surface area (Å²) in [6.07, 6.45) is -2.16. The number of nitrogens with one attached hydrogen (secondary N) is 1. The van der Waals surface area contributed by atoms with Gasteiger partial charge in [-0.2, -0.15) is 13.2 Å². The quantitative estimate of drug-likeness (QED) is 0.572. The first-order valence-corrected chi connectivity index (χ1v) is 7.13. The second-order valence-corrected chi connectivity index (χ2v) is 5.09. The number of alkyl halides is 3. The summed E-state index contributed by atoms with van der Waals surface area (Å²) in [5.74, 6) is -2.86. The summed E-state index contributed by atoms with van der Waals surface area (Å²) in [7, 11) is 0. The number of carbonyl (C=O) groups excluding carboxylic acids is 1. The molecule has 0 bridgehead atoms. The molecule has 0 fully saturated rings. The molecule has 3 rings (SSSR count). The Kier molecular flexibility index (Phi) is 5.58. The average Bonchev–Trinajstić information content (AvgIpc) is 2.97. The fourth-order valence-corrected chi connectivity index (χ4v) is 1.73. The van der Waals surface area contributed by atoms with Crippen LogP contribution in [0.25, 0.3) is 11.0 Å². The predicted octanol–water partition coefficient (Wildman–Crippen LogP) is 2.39. The van der Waals surface area contributed by atoms with Crippen molar-refractivity contribution in [3.8, 4) is 0 Å². The molecule has 142 valence electrons. The van der Waals surface area contributed by atoms with E-state index < -0.39 is 18.1 Å². The molecule has 2 aromatic heterocycles. The van der Waals surface area contributed by atoms with Crippen molar-refractivity contribution in [1.82, 2.24) is 15.1 Å². The van der Waals surface area contributed by atoms with Crippen LogP contribution >= 0.6 is 0 Å². The van der Waals surface area contributed by atoms with Gasteiger partial charge in [-0.1, -0.05) is 5.16 Å². The molecule has 0 saturated heterocycles. The van der Waals surface area contributed by atoms with Crippen LogP contribution in [-0.4, -0.2) is 38.3 Å². The number of hydrogen-bond acceptors (Lipinski definition) is 7. The lowest BCUT2D eigenvalue weighted by Crippen LogP contribution is -2.21. The van der Waals surface area contributed by atoms with Crippen LogP contribution in [0.4, 0.5) is 24.7 Å². The van der Waals surface area contributed by atoms with Crippen LogP contribution < -0.4 is 11.1 Å². The number of halogens is 3. The van der Waals surface area contributed by atoms with E-state index in [0.29, 0.717) is 22.5 Å². The Morgan fingerprint density at radius 2 is 1.89 bits per heavy atom. The molecule has 4 N–H and O–H groups in total. The van der Waals surface area contributed by atoms with Crippen LogP contribution in [0.3, 0.4) is 0 Å². The summed E-state index contributed by atoms with van der Waals surface area (Å²) < 4.78 is 36.8. The Bertz CT molecular complexity index is 970. The van der Waals surface area contributed by atoms with E-state index >= 15 is 0 Å². The van der Waals surface area contributed by atoms with E-state index in [2.05, 4.69) is 20.4 Å². The second kappa shape index (κ2) is 7.68. The number of rotatable bonds is 2. The number of fused-ring (bicyclic) bond motifs is 1. The lowest BCUT2D eigenvalue weighted by Gasteiger charge is -2.01. The van der Waals surface area contributed by atoms with Crippen LogP contribution in [0.2, 0.25) is 0 Å². The number of amides is 1. The van der Waals surface area contributed by atoms with Gasteiger partial charge in [-0.15, -0.1) is 0 Å². The Hall–Kier alpha value is -3.70. The molecule has 9 nitrogen and oxygen atoms in total. The van der Waals surface area contributed by atoms with Crippen molar-refractivity contribution >= 4 is 34.4 Å². The fraction of sp³-hybridized carbons (Fsp3) is 0.133. The maximum Gasteiger partial charge on any atom is 0.490 e. The third-order valence-electron chi connectivity index (χ3n) is 2.98. The largest absolute Gasteiger partial charge is 0.490 e. The maximum absolute atomic E-state index is 12.0. The van der Waals surface area contributed by atoms with E-state index in [1.165, 1.54) is 12.4 Å². The van der Waals surface area contributed by atoms with Crippen molar-refractivity contribution in [2.75, 3.05) is 11.1 Å². The van der Waals surface area contributed by atoms with Gasteiger partial charge in [-0.25, -0.2) is 9.78 Å². The minimum absolute atomic E-state index is 0.204. The van der Waals surface area contributed by atoms with Crippen LogP contribution in [-0.2, 0) is 4.79 Å². The van der Waals surface area contributed by atoms with Crippen LogP contribution in [0.15, 0.2) is 35.1 Å². The van der Waals surface area contributed by atoms with Crippen molar-refractivity contribution < 1.29 is 32.4 Å². The molecular formula is C15H12F3N5O4. The summed E-state index contributed by atoms with van der Waals surface area (Å²) >= 11 is 0. The molecule has 0 aliphatic carbocycles. The van der Waals surface area contributed by atoms with Crippen molar-refractivity contribution in [1.29, 1.82) is 0 Å². The predicted molar refractivity (Wildman–Crippen MR) is 86.8 cm³/mol. The Morgan fingerprint density at radius 1 is 1.22 bits per heavy atom. The zero-order valence-corrected chi connectivity index (χ0v) is 13.6. The minimum atomic E-state index is -5.08. The van der Waals surface area contributed by atoms with Gasteiger partial charge in [0.05, 0.1) is 17.3 Å². The number of nitrogen functional groups attached to an aromatic ring is 1. The lowest BCUT2D eigenvalue weighted by molar-refractivity contribution is -0.192. The van der Waals surface area contributed by atoms with Gasteiger partial charge in [0.2, 0.25) is 0 Å². The summed E-state index contributed by atoms with van der Waals surface area (Å²) in [5, 5.41) is 14.2. The van der Waals surface area contributed by atoms with E-state index in [-0.39, 0.29) is 5.69 Å². The van der Waals surface area contributed by atoms with Gasteiger partial charge in [0, 0.05) is 11.9 Å². The highest BCUT2D eigenvalue weighted by Crippen LogP contribution is 2.25. The Morgan fingerprint density at radius 3 is 2.44 bits per heavy atom. The van der Waals surface area contributed by atoms with E-state index in [0.717, 1.165) is 5.69 Å². The van der Waals surface area contributed by atoms with Crippen LogP contribution in [0.1, 0.15) is 16.2 Å². The number of aromatic nitrogens is 3. The molecule has 12 heteroatoms. The maximum atomic E-state index is 12.0. The summed E-state index contributed by atoms with van der Waals surface area (Å²) in [6.45, 7) is 1.79. The molecule has 3 aromatic rings. The molecule has 0 unspecified atom stereocenters. The highest BCUT2D eigenvalue weighted by Gasteiger charge is 2.38. The number of anilines is 2. The number of nitrogens with two attached hydrogens (primary N) is 1. The fourth-order valence-electron chi connectivity index (χ4n) is 1.73. The Balaban J connectivity index is 0.000000321. The molecule has 0 atom stereocenters. The SMILES string of the molecule is Cc1cnc(C(=O)Nc2noc3ccc(N)cc23)cn1.O=C(O)C(F)(F)F. The van der Waals surface area contributed by atoms with Gasteiger partial charge in [-0.3, -0.25) is 9.78 Å². The van der Waals surface area contributed by atoms with Gasteiger partial charge < -0.3 is 20.7 Å². The molecular weight excluding hydrogens is 371 g/mol. The van der Waals surface area contributed by atoms with E-state index in [4.69, 9.17) is 20.2 Å². The van der Waals surface area contributed by atoms with Gasteiger partial charge in [0.25, 0.3) is 5.91 Å². The van der Waals surface area contributed by atoms with Crippen LogP contribution in [0, 0.1) is 6.92 Å². The molecule has 27 heavy (non-hydrogen) atoms. The van der Waals surface area contributed by atoms with Gasteiger partial charge in [0.1, 0.15) is 5.69 Å². The van der Waals surface area contributed by atoms with Gasteiger partial charge in [-0.05, 0) is 25.1 Å². The minimum Gasteiger partial charge on any atom is -0.475 e. The summed E-state index contributed by atoms with van der Waals surface area (Å²) in [6, 6.07) is 5.08. The van der Waals surface area contributed by atoms with Crippen molar-refractivity contribution in [3.05, 3.63) is 42.0 Å². The standard InChI is InChI=1S/C13H11N5O2.C2HF3O2/c1-7-5-16-10(6-15-7)13(19)17-12-9-4-8(14)2-3-11(9)20-18-12;3-2(4,5)1(6)7/h2-6H,14H2,1H3,(H,17,18,19);(H,6,7). The second-order valence-electron chi connectivity index (χ2n) is 5.09. The molecule has 0 spiro atoms. The molecule has 1 aromatic carbocycles. The third kappa shape index (κ3) is 5.14. The highest BCUT2D eigenvalue weighted by atomic mass is 19.4. The molecule has 0 aliphatic rings. The van der Waals surface area contributed by atoms with E-state index in [1.807, 2.05) is 0 Å². The van der Waals surface area contributed by atoms with Gasteiger partial charge >= 0.3 is 12.1 Å². The Labute approximate surface area is 149 Å². The number of carboxylic acids is 1.